The van der Waals surface area contributed by atoms with Gasteiger partial charge in [-0.1, -0.05) is 0 Å². The molecule has 8 heteroatoms. The quantitative estimate of drug-likeness (QED) is 0.867. The molecule has 120 valence electrons. The second-order valence-electron chi connectivity index (χ2n) is 5.28. The lowest BCUT2D eigenvalue weighted by molar-refractivity contribution is 0.173. The number of nitrogens with one attached hydrogen (secondary N) is 2. The van der Waals surface area contributed by atoms with Crippen LogP contribution in [0.3, 0.4) is 0 Å². The second kappa shape index (κ2) is 5.05. The summed E-state index contributed by atoms with van der Waals surface area (Å²) in [6, 6.07) is 11.2. The molecule has 0 bridgehead atoms. The highest BCUT2D eigenvalue weighted by Crippen LogP contribution is 2.33. The van der Waals surface area contributed by atoms with Gasteiger partial charge in [0, 0.05) is 11.1 Å². The number of fused-ring (bicyclic) bond motifs is 2. The van der Waals surface area contributed by atoms with Gasteiger partial charge >= 0.3 is 0 Å². The Hall–Kier alpha value is -3.42. The van der Waals surface area contributed by atoms with E-state index in [4.69, 9.17) is 18.9 Å². The van der Waals surface area contributed by atoms with Gasteiger partial charge in [-0.25, -0.2) is 0 Å². The number of nitrogens with zero attached hydrogens (tertiary/aromatic N) is 2. The van der Waals surface area contributed by atoms with Crippen molar-refractivity contribution in [2.24, 2.45) is 10.2 Å². The highest BCUT2D eigenvalue weighted by molar-refractivity contribution is 6.06. The Labute approximate surface area is 136 Å². The number of ether oxygens (including phenoxy) is 4. The summed E-state index contributed by atoms with van der Waals surface area (Å²) in [5, 5.41) is 8.67. The van der Waals surface area contributed by atoms with Crippen molar-refractivity contribution in [2.45, 2.75) is 0 Å². The van der Waals surface area contributed by atoms with Crippen LogP contribution in [0.2, 0.25) is 0 Å². The zero-order chi connectivity index (χ0) is 15.9. The molecule has 5 rings (SSSR count). The molecule has 0 aromatic heterocycles. The highest BCUT2D eigenvalue weighted by atomic mass is 16.7. The molecule has 0 saturated carbocycles. The van der Waals surface area contributed by atoms with Crippen molar-refractivity contribution in [1.29, 1.82) is 0 Å². The topological polar surface area (TPSA) is 85.7 Å². The van der Waals surface area contributed by atoms with Gasteiger partial charge in [-0.05, 0) is 36.4 Å². The summed E-state index contributed by atoms with van der Waals surface area (Å²) in [7, 11) is 0. The van der Waals surface area contributed by atoms with E-state index >= 15 is 0 Å². The number of hydrogen-bond acceptors (Lipinski definition) is 8. The average Bonchev–Trinajstić information content (AvgIpc) is 3.29. The van der Waals surface area contributed by atoms with Gasteiger partial charge in [-0.2, -0.15) is 10.2 Å². The van der Waals surface area contributed by atoms with Crippen molar-refractivity contribution >= 4 is 11.7 Å². The summed E-state index contributed by atoms with van der Waals surface area (Å²) in [6.07, 6.45) is 0. The van der Waals surface area contributed by atoms with Gasteiger partial charge in [-0.3, -0.25) is 10.9 Å². The lowest BCUT2D eigenvalue weighted by atomic mass is 10.1. The molecule has 0 atom stereocenters. The Morgan fingerprint density at radius 1 is 0.625 bits per heavy atom. The van der Waals surface area contributed by atoms with Crippen LogP contribution in [0.5, 0.6) is 23.0 Å². The maximum absolute atomic E-state index is 5.38. The second-order valence-corrected chi connectivity index (χ2v) is 5.28. The molecule has 3 aliphatic rings. The van der Waals surface area contributed by atoms with Crippen molar-refractivity contribution in [3.8, 4) is 23.0 Å². The predicted molar refractivity (Wildman–Crippen MR) is 84.5 cm³/mol. The molecule has 0 amide bonds. The smallest absolute Gasteiger partial charge is 0.231 e. The Morgan fingerprint density at radius 2 is 1.08 bits per heavy atom. The zero-order valence-corrected chi connectivity index (χ0v) is 12.4. The normalized spacial score (nSPS) is 16.8. The van der Waals surface area contributed by atoms with E-state index in [1.165, 1.54) is 0 Å². The van der Waals surface area contributed by atoms with Crippen molar-refractivity contribution in [2.75, 3.05) is 13.6 Å². The molecule has 2 aromatic rings. The first-order chi connectivity index (χ1) is 11.9. The molecule has 8 nitrogen and oxygen atoms in total. The number of hydrogen-bond donors (Lipinski definition) is 2. The van der Waals surface area contributed by atoms with Crippen molar-refractivity contribution in [3.63, 3.8) is 0 Å². The Balaban J connectivity index is 1.37. The van der Waals surface area contributed by atoms with Crippen LogP contribution in [0.25, 0.3) is 0 Å². The first kappa shape index (κ1) is 13.1. The fraction of sp³-hybridized carbons (Fsp3) is 0.125. The van der Waals surface area contributed by atoms with Crippen molar-refractivity contribution in [1.82, 2.24) is 10.9 Å². The maximum Gasteiger partial charge on any atom is 0.231 e. The fourth-order valence-electron chi connectivity index (χ4n) is 2.61. The van der Waals surface area contributed by atoms with Crippen LogP contribution in [-0.2, 0) is 0 Å². The lowest BCUT2D eigenvalue weighted by Gasteiger charge is -2.15. The minimum absolute atomic E-state index is 0.239. The Kier molecular flexibility index (Phi) is 2.75. The van der Waals surface area contributed by atoms with E-state index in [9.17, 15) is 0 Å². The van der Waals surface area contributed by atoms with Gasteiger partial charge in [-0.15, -0.1) is 0 Å². The molecule has 24 heavy (non-hydrogen) atoms. The summed E-state index contributed by atoms with van der Waals surface area (Å²) in [5.74, 6) is 4.04. The number of hydrazone groups is 2. The minimum atomic E-state index is 0.239. The molecule has 2 aromatic carbocycles. The van der Waals surface area contributed by atoms with E-state index < -0.39 is 0 Å². The SMILES string of the molecule is c1cc2c(cc1C1=NNC(c3ccc4c(c3)OCO4)=NN1)OCO2. The van der Waals surface area contributed by atoms with E-state index in [-0.39, 0.29) is 13.6 Å². The third-order valence-corrected chi connectivity index (χ3v) is 3.84. The Morgan fingerprint density at radius 3 is 1.54 bits per heavy atom. The minimum Gasteiger partial charge on any atom is -0.454 e. The van der Waals surface area contributed by atoms with E-state index in [2.05, 4.69) is 21.1 Å². The van der Waals surface area contributed by atoms with Gasteiger partial charge in [0.2, 0.25) is 13.6 Å². The fourth-order valence-corrected chi connectivity index (χ4v) is 2.61. The standard InChI is InChI=1S/C16H12N4O4/c1-3-11-13(23-7-21-11)5-9(1)15-17-19-16(20-18-15)10-2-4-12-14(6-10)24-8-22-12/h1-6H,7-8H2,(H,17,18)(H,19,20). The van der Waals surface area contributed by atoms with Crippen molar-refractivity contribution < 1.29 is 18.9 Å². The van der Waals surface area contributed by atoms with Crippen LogP contribution < -0.4 is 29.8 Å². The molecule has 0 fully saturated rings. The zero-order valence-electron chi connectivity index (χ0n) is 12.4. The molecule has 0 saturated heterocycles. The van der Waals surface area contributed by atoms with Gasteiger partial charge in [0.05, 0.1) is 0 Å². The van der Waals surface area contributed by atoms with Crippen LogP contribution in [-0.4, -0.2) is 25.3 Å². The third-order valence-electron chi connectivity index (χ3n) is 3.84. The molecule has 3 heterocycles. The number of benzene rings is 2. The monoisotopic (exact) mass is 324 g/mol. The molecular formula is C16H12N4O4. The van der Waals surface area contributed by atoms with Crippen LogP contribution in [0.1, 0.15) is 11.1 Å². The molecule has 0 spiro atoms. The molecule has 0 radical (unpaired) electrons. The van der Waals surface area contributed by atoms with E-state index in [0.29, 0.717) is 23.2 Å². The highest BCUT2D eigenvalue weighted by Gasteiger charge is 2.19. The molecule has 0 unspecified atom stereocenters. The average molecular weight is 324 g/mol. The number of rotatable bonds is 2. The predicted octanol–water partition coefficient (Wildman–Crippen LogP) is 1.36. The summed E-state index contributed by atoms with van der Waals surface area (Å²) < 4.78 is 21.4. The summed E-state index contributed by atoms with van der Waals surface area (Å²) in [6.45, 7) is 0.479. The molecule has 0 aliphatic carbocycles. The van der Waals surface area contributed by atoms with Crippen LogP contribution in [0, 0.1) is 0 Å². The first-order valence-corrected chi connectivity index (χ1v) is 7.34. The molecule has 3 aliphatic heterocycles. The van der Waals surface area contributed by atoms with Gasteiger partial charge in [0.1, 0.15) is 0 Å². The van der Waals surface area contributed by atoms with E-state index in [1.807, 2.05) is 36.4 Å². The van der Waals surface area contributed by atoms with Crippen molar-refractivity contribution in [3.05, 3.63) is 47.5 Å². The lowest BCUT2D eigenvalue weighted by Crippen LogP contribution is -2.34. The van der Waals surface area contributed by atoms with E-state index in [1.54, 1.807) is 0 Å². The van der Waals surface area contributed by atoms with E-state index in [0.717, 1.165) is 22.6 Å². The summed E-state index contributed by atoms with van der Waals surface area (Å²) >= 11 is 0. The maximum atomic E-state index is 5.38. The summed E-state index contributed by atoms with van der Waals surface area (Å²) in [4.78, 5) is 0. The molecular weight excluding hydrogens is 312 g/mol. The third kappa shape index (κ3) is 2.08. The molecule has 2 N–H and O–H groups in total. The summed E-state index contributed by atoms with van der Waals surface area (Å²) in [5.41, 5.74) is 7.59. The van der Waals surface area contributed by atoms with Crippen LogP contribution in [0.4, 0.5) is 0 Å². The van der Waals surface area contributed by atoms with Gasteiger partial charge < -0.3 is 18.9 Å². The Bertz CT molecular complexity index is 820. The first-order valence-electron chi connectivity index (χ1n) is 7.34. The van der Waals surface area contributed by atoms with Gasteiger partial charge in [0.25, 0.3) is 0 Å². The van der Waals surface area contributed by atoms with Gasteiger partial charge in [0.15, 0.2) is 34.7 Å². The number of amidine groups is 2. The largest absolute Gasteiger partial charge is 0.454 e. The van der Waals surface area contributed by atoms with Crippen LogP contribution in [0.15, 0.2) is 46.6 Å². The van der Waals surface area contributed by atoms with Crippen LogP contribution >= 0.6 is 0 Å².